The van der Waals surface area contributed by atoms with E-state index in [1.165, 1.54) is 41.8 Å². The summed E-state index contributed by atoms with van der Waals surface area (Å²) in [6.07, 6.45) is 4.90. The molecule has 1 saturated carbocycles. The zero-order chi connectivity index (χ0) is 13.5. The Morgan fingerprint density at radius 2 is 1.84 bits per heavy atom. The average molecular weight is 294 g/mol. The van der Waals surface area contributed by atoms with Gasteiger partial charge in [-0.2, -0.15) is 0 Å². The molecule has 0 spiro atoms. The molecule has 1 aromatic heterocycles. The molecular weight excluding hydrogens is 276 g/mol. The van der Waals surface area contributed by atoms with Crippen molar-refractivity contribution in [1.82, 2.24) is 0 Å². The molecule has 0 unspecified atom stereocenters. The fraction of sp³-hybridized carbons (Fsp3) is 0.400. The molecule has 1 aromatic carbocycles. The van der Waals surface area contributed by atoms with E-state index in [9.17, 15) is 0 Å². The number of hydrogen-bond donors (Lipinski definition) is 1. The molecular formula is C15H18ClN2S+. The number of H-pyrrole nitrogens is 1. The van der Waals surface area contributed by atoms with E-state index < -0.39 is 0 Å². The average Bonchev–Trinajstić information content (AvgIpc) is 2.98. The van der Waals surface area contributed by atoms with Crippen LogP contribution in [0.3, 0.4) is 0 Å². The van der Waals surface area contributed by atoms with Gasteiger partial charge >= 0.3 is 5.13 Å². The van der Waals surface area contributed by atoms with Crippen molar-refractivity contribution < 1.29 is 4.98 Å². The summed E-state index contributed by atoms with van der Waals surface area (Å²) in [5.41, 5.74) is 8.70. The summed E-state index contributed by atoms with van der Waals surface area (Å²) in [5, 5.41) is 1.59. The smallest absolute Gasteiger partial charge is 0.278 e. The van der Waals surface area contributed by atoms with Gasteiger partial charge in [0.25, 0.3) is 0 Å². The normalized spacial score (nSPS) is 17.8. The maximum Gasteiger partial charge on any atom is 0.329 e. The molecule has 100 valence electrons. The van der Waals surface area contributed by atoms with Crippen LogP contribution in [0, 0.1) is 6.92 Å². The van der Waals surface area contributed by atoms with E-state index in [0.717, 1.165) is 10.2 Å². The first-order valence-corrected chi connectivity index (χ1v) is 7.86. The number of nitrogens with two attached hydrogens (primary N) is 1. The Morgan fingerprint density at radius 1 is 1.21 bits per heavy atom. The standard InChI is InChI=1S/C15H17ClN2S/c1-10-13(18-14(17)19-10)15(8-2-3-9-15)11-4-6-12(16)7-5-11/h4-7H,2-3,8-9H2,1H3,(H2,17,18)/p+1. The second-order valence-electron chi connectivity index (χ2n) is 5.32. The summed E-state index contributed by atoms with van der Waals surface area (Å²) < 4.78 is 0. The summed E-state index contributed by atoms with van der Waals surface area (Å²) in [5.74, 6) is 0. The predicted octanol–water partition coefficient (Wildman–Crippen LogP) is 3.97. The Labute approximate surface area is 122 Å². The van der Waals surface area contributed by atoms with Crippen LogP contribution in [0.2, 0.25) is 5.02 Å². The highest BCUT2D eigenvalue weighted by Gasteiger charge is 2.42. The topological polar surface area (TPSA) is 40.2 Å². The van der Waals surface area contributed by atoms with Gasteiger partial charge in [-0.05, 0) is 37.5 Å². The van der Waals surface area contributed by atoms with Crippen molar-refractivity contribution in [2.45, 2.75) is 38.0 Å². The van der Waals surface area contributed by atoms with Crippen LogP contribution in [0.25, 0.3) is 0 Å². The van der Waals surface area contributed by atoms with Crippen LogP contribution >= 0.6 is 22.9 Å². The molecule has 1 heterocycles. The molecule has 1 aliphatic rings. The molecule has 2 aromatic rings. The Hall–Kier alpha value is -1.06. The monoisotopic (exact) mass is 293 g/mol. The highest BCUT2D eigenvalue weighted by Crippen LogP contribution is 2.47. The molecule has 0 aliphatic heterocycles. The fourth-order valence-corrected chi connectivity index (χ4v) is 4.30. The third-order valence-electron chi connectivity index (χ3n) is 4.20. The number of nitrogen functional groups attached to an aromatic ring is 1. The first-order valence-electron chi connectivity index (χ1n) is 6.66. The Kier molecular flexibility index (Phi) is 3.27. The van der Waals surface area contributed by atoms with E-state index in [1.807, 2.05) is 12.1 Å². The molecule has 0 amide bonds. The Balaban J connectivity index is 2.14. The van der Waals surface area contributed by atoms with E-state index in [1.54, 1.807) is 11.3 Å². The summed E-state index contributed by atoms with van der Waals surface area (Å²) in [7, 11) is 0. The highest BCUT2D eigenvalue weighted by atomic mass is 35.5. The number of anilines is 1. The van der Waals surface area contributed by atoms with Crippen molar-refractivity contribution >= 4 is 28.1 Å². The van der Waals surface area contributed by atoms with Crippen molar-refractivity contribution in [1.29, 1.82) is 0 Å². The summed E-state index contributed by atoms with van der Waals surface area (Å²) in [4.78, 5) is 4.70. The molecule has 0 atom stereocenters. The van der Waals surface area contributed by atoms with E-state index in [4.69, 9.17) is 17.3 Å². The minimum atomic E-state index is 0.1000. The number of rotatable bonds is 2. The van der Waals surface area contributed by atoms with Gasteiger partial charge in [0.05, 0.1) is 10.3 Å². The zero-order valence-corrected chi connectivity index (χ0v) is 12.6. The van der Waals surface area contributed by atoms with Crippen molar-refractivity contribution in [3.8, 4) is 0 Å². The van der Waals surface area contributed by atoms with Gasteiger partial charge < -0.3 is 0 Å². The number of aromatic nitrogens is 1. The lowest BCUT2D eigenvalue weighted by molar-refractivity contribution is -0.373. The van der Waals surface area contributed by atoms with Crippen LogP contribution in [0.15, 0.2) is 24.3 Å². The lowest BCUT2D eigenvalue weighted by Crippen LogP contribution is -2.31. The summed E-state index contributed by atoms with van der Waals surface area (Å²) in [6.45, 7) is 2.16. The second-order valence-corrected chi connectivity index (χ2v) is 7.01. The van der Waals surface area contributed by atoms with Gasteiger partial charge in [0.15, 0.2) is 0 Å². The molecule has 1 aliphatic carbocycles. The third kappa shape index (κ3) is 2.15. The minimum Gasteiger partial charge on any atom is -0.278 e. The minimum absolute atomic E-state index is 0.1000. The van der Waals surface area contributed by atoms with E-state index in [0.29, 0.717) is 0 Å². The summed E-state index contributed by atoms with van der Waals surface area (Å²) >= 11 is 7.67. The van der Waals surface area contributed by atoms with Crippen LogP contribution in [0.1, 0.15) is 41.8 Å². The molecule has 0 bridgehead atoms. The number of halogens is 1. The van der Waals surface area contributed by atoms with Gasteiger partial charge in [0.2, 0.25) is 0 Å². The number of aromatic amines is 1. The summed E-state index contributed by atoms with van der Waals surface area (Å²) in [6, 6.07) is 8.30. The van der Waals surface area contributed by atoms with Gasteiger partial charge in [0.1, 0.15) is 5.69 Å². The molecule has 1 fully saturated rings. The predicted molar refractivity (Wildman–Crippen MR) is 80.7 cm³/mol. The molecule has 4 heteroatoms. The lowest BCUT2D eigenvalue weighted by atomic mass is 9.75. The van der Waals surface area contributed by atoms with Gasteiger partial charge in [0, 0.05) is 5.02 Å². The van der Waals surface area contributed by atoms with Crippen molar-refractivity contribution in [2.24, 2.45) is 0 Å². The SMILES string of the molecule is Cc1sc(N)[nH+]c1C1(c2ccc(Cl)cc2)CCCC1. The molecule has 0 radical (unpaired) electrons. The number of benzene rings is 1. The first-order chi connectivity index (χ1) is 9.12. The van der Waals surface area contributed by atoms with Crippen LogP contribution < -0.4 is 10.7 Å². The second kappa shape index (κ2) is 4.80. The maximum atomic E-state index is 6.02. The quantitative estimate of drug-likeness (QED) is 0.894. The maximum absolute atomic E-state index is 6.02. The number of aryl methyl sites for hydroxylation is 1. The largest absolute Gasteiger partial charge is 0.329 e. The molecule has 0 saturated heterocycles. The van der Waals surface area contributed by atoms with Crippen LogP contribution in [-0.2, 0) is 5.41 Å². The van der Waals surface area contributed by atoms with Crippen molar-refractivity contribution in [3.63, 3.8) is 0 Å². The van der Waals surface area contributed by atoms with Crippen LogP contribution in [0.4, 0.5) is 5.13 Å². The number of nitrogens with one attached hydrogen (secondary N) is 1. The Morgan fingerprint density at radius 3 is 2.37 bits per heavy atom. The number of thiazole rings is 1. The molecule has 3 N–H and O–H groups in total. The fourth-order valence-electron chi connectivity index (χ4n) is 3.34. The molecule has 3 rings (SSSR count). The van der Waals surface area contributed by atoms with Gasteiger partial charge in [-0.15, -0.1) is 0 Å². The van der Waals surface area contributed by atoms with Crippen molar-refractivity contribution in [3.05, 3.63) is 45.4 Å². The molecule has 2 nitrogen and oxygen atoms in total. The third-order valence-corrected chi connectivity index (χ3v) is 5.28. The van der Waals surface area contributed by atoms with Gasteiger partial charge in [-0.25, -0.2) is 4.98 Å². The van der Waals surface area contributed by atoms with E-state index >= 15 is 0 Å². The van der Waals surface area contributed by atoms with E-state index in [-0.39, 0.29) is 5.41 Å². The van der Waals surface area contributed by atoms with Crippen molar-refractivity contribution in [2.75, 3.05) is 5.73 Å². The highest BCUT2D eigenvalue weighted by molar-refractivity contribution is 7.14. The van der Waals surface area contributed by atoms with Crippen LogP contribution in [-0.4, -0.2) is 0 Å². The lowest BCUT2D eigenvalue weighted by Gasteiger charge is -2.27. The van der Waals surface area contributed by atoms with Crippen LogP contribution in [0.5, 0.6) is 0 Å². The first kappa shape index (κ1) is 12.9. The molecule has 19 heavy (non-hydrogen) atoms. The zero-order valence-electron chi connectivity index (χ0n) is 11.0. The van der Waals surface area contributed by atoms with Gasteiger partial charge in [-0.1, -0.05) is 47.9 Å². The Bertz CT molecular complexity index is 583. The van der Waals surface area contributed by atoms with Gasteiger partial charge in [-0.3, -0.25) is 5.73 Å². The number of hydrogen-bond acceptors (Lipinski definition) is 2. The van der Waals surface area contributed by atoms with E-state index in [2.05, 4.69) is 24.0 Å².